The third-order valence-electron chi connectivity index (χ3n) is 6.20. The zero-order chi connectivity index (χ0) is 13.3. The molecule has 0 heterocycles. The van der Waals surface area contributed by atoms with Crippen molar-refractivity contribution in [3.63, 3.8) is 0 Å². The first-order valence-electron chi connectivity index (χ1n) is 8.44. The van der Waals surface area contributed by atoms with Crippen LogP contribution in [-0.2, 0) is 0 Å². The number of hydrogen-bond acceptors (Lipinski definition) is 0. The third-order valence-corrected chi connectivity index (χ3v) is 6.20. The maximum Gasteiger partial charge on any atom is -0.0326 e. The van der Waals surface area contributed by atoms with Crippen molar-refractivity contribution in [2.45, 2.75) is 79.6 Å². The van der Waals surface area contributed by atoms with E-state index in [9.17, 15) is 0 Å². The van der Waals surface area contributed by atoms with E-state index < -0.39 is 0 Å². The standard InChI is InChI=1S/C18H34/c1-6-18(4,5)17-10-7-14(3)16(17)12-13(2)11-15-8-9-15/h13-17H,6-12H2,1-5H3. The summed E-state index contributed by atoms with van der Waals surface area (Å²) in [5, 5.41) is 0. The molecule has 2 aliphatic carbocycles. The van der Waals surface area contributed by atoms with Gasteiger partial charge in [-0.25, -0.2) is 0 Å². The van der Waals surface area contributed by atoms with E-state index in [-0.39, 0.29) is 0 Å². The second-order valence-electron chi connectivity index (χ2n) is 8.19. The van der Waals surface area contributed by atoms with Gasteiger partial charge in [-0.05, 0) is 54.3 Å². The summed E-state index contributed by atoms with van der Waals surface area (Å²) in [6.45, 7) is 12.4. The van der Waals surface area contributed by atoms with Crippen molar-refractivity contribution >= 4 is 0 Å². The first-order valence-corrected chi connectivity index (χ1v) is 8.44. The molecule has 2 fully saturated rings. The van der Waals surface area contributed by atoms with Crippen LogP contribution in [0.2, 0.25) is 0 Å². The van der Waals surface area contributed by atoms with Gasteiger partial charge in [0.05, 0.1) is 0 Å². The summed E-state index contributed by atoms with van der Waals surface area (Å²) < 4.78 is 0. The molecule has 0 aromatic rings. The summed E-state index contributed by atoms with van der Waals surface area (Å²) in [6.07, 6.45) is 10.4. The maximum atomic E-state index is 2.51. The van der Waals surface area contributed by atoms with Gasteiger partial charge >= 0.3 is 0 Å². The molecular formula is C18H34. The van der Waals surface area contributed by atoms with Crippen LogP contribution >= 0.6 is 0 Å². The van der Waals surface area contributed by atoms with E-state index in [2.05, 4.69) is 34.6 Å². The minimum absolute atomic E-state index is 0.564. The predicted octanol–water partition coefficient (Wildman–Crippen LogP) is 5.91. The molecule has 0 saturated heterocycles. The van der Waals surface area contributed by atoms with Crippen LogP contribution in [0.15, 0.2) is 0 Å². The quantitative estimate of drug-likeness (QED) is 0.549. The Balaban J connectivity index is 1.93. The number of rotatable bonds is 6. The summed E-state index contributed by atoms with van der Waals surface area (Å²) in [5.41, 5.74) is 0.564. The topological polar surface area (TPSA) is 0 Å². The molecule has 0 bridgehead atoms. The zero-order valence-corrected chi connectivity index (χ0v) is 13.3. The van der Waals surface area contributed by atoms with Crippen molar-refractivity contribution in [2.75, 3.05) is 0 Å². The second-order valence-corrected chi connectivity index (χ2v) is 8.19. The van der Waals surface area contributed by atoms with E-state index >= 15 is 0 Å². The molecule has 0 radical (unpaired) electrons. The fraction of sp³-hybridized carbons (Fsp3) is 1.00. The zero-order valence-electron chi connectivity index (χ0n) is 13.3. The molecule has 0 spiro atoms. The van der Waals surface area contributed by atoms with Crippen molar-refractivity contribution < 1.29 is 0 Å². The van der Waals surface area contributed by atoms with E-state index in [4.69, 9.17) is 0 Å². The van der Waals surface area contributed by atoms with Crippen LogP contribution in [0.3, 0.4) is 0 Å². The van der Waals surface area contributed by atoms with Gasteiger partial charge in [0.1, 0.15) is 0 Å². The van der Waals surface area contributed by atoms with Crippen molar-refractivity contribution in [2.24, 2.45) is 35.0 Å². The van der Waals surface area contributed by atoms with Gasteiger partial charge in [-0.1, -0.05) is 60.3 Å². The Labute approximate surface area is 115 Å². The van der Waals surface area contributed by atoms with Gasteiger partial charge in [0.15, 0.2) is 0 Å². The molecule has 0 aromatic carbocycles. The highest BCUT2D eigenvalue weighted by Crippen LogP contribution is 2.51. The van der Waals surface area contributed by atoms with Crippen molar-refractivity contribution in [3.05, 3.63) is 0 Å². The first kappa shape index (κ1) is 14.4. The van der Waals surface area contributed by atoms with Crippen LogP contribution in [0.4, 0.5) is 0 Å². The lowest BCUT2D eigenvalue weighted by atomic mass is 9.68. The predicted molar refractivity (Wildman–Crippen MR) is 80.6 cm³/mol. The summed E-state index contributed by atoms with van der Waals surface area (Å²) in [5.74, 6) is 5.04. The molecular weight excluding hydrogens is 216 g/mol. The average Bonchev–Trinajstić information content (AvgIpc) is 3.04. The van der Waals surface area contributed by atoms with E-state index in [0.29, 0.717) is 5.41 Å². The highest BCUT2D eigenvalue weighted by atomic mass is 14.5. The molecule has 0 aromatic heterocycles. The van der Waals surface area contributed by atoms with Crippen molar-refractivity contribution in [1.82, 2.24) is 0 Å². The van der Waals surface area contributed by atoms with Gasteiger partial charge in [0.25, 0.3) is 0 Å². The van der Waals surface area contributed by atoms with Crippen LogP contribution in [0, 0.1) is 35.0 Å². The molecule has 2 rings (SSSR count). The monoisotopic (exact) mass is 250 g/mol. The molecule has 106 valence electrons. The Hall–Kier alpha value is 0. The van der Waals surface area contributed by atoms with Crippen molar-refractivity contribution in [1.29, 1.82) is 0 Å². The van der Waals surface area contributed by atoms with Crippen LogP contribution in [-0.4, -0.2) is 0 Å². The molecule has 2 saturated carbocycles. The highest BCUT2D eigenvalue weighted by molar-refractivity contribution is 4.91. The molecule has 4 unspecified atom stereocenters. The van der Waals surface area contributed by atoms with E-state index in [1.54, 1.807) is 0 Å². The van der Waals surface area contributed by atoms with E-state index in [0.717, 1.165) is 29.6 Å². The Morgan fingerprint density at radius 3 is 2.28 bits per heavy atom. The SMILES string of the molecule is CCC(C)(C)C1CCC(C)C1CC(C)CC1CC1. The largest absolute Gasteiger partial charge is 0.0649 e. The van der Waals surface area contributed by atoms with E-state index in [1.807, 2.05) is 0 Å². The summed E-state index contributed by atoms with van der Waals surface area (Å²) in [4.78, 5) is 0. The lowest BCUT2D eigenvalue weighted by Crippen LogP contribution is -2.29. The second kappa shape index (κ2) is 5.55. The molecule has 2 aliphatic rings. The summed E-state index contributed by atoms with van der Waals surface area (Å²) in [6, 6.07) is 0. The van der Waals surface area contributed by atoms with Crippen LogP contribution < -0.4 is 0 Å². The number of hydrogen-bond donors (Lipinski definition) is 0. The maximum absolute atomic E-state index is 2.51. The molecule has 4 atom stereocenters. The fourth-order valence-corrected chi connectivity index (χ4v) is 4.38. The van der Waals surface area contributed by atoms with E-state index in [1.165, 1.54) is 44.9 Å². The van der Waals surface area contributed by atoms with Gasteiger partial charge < -0.3 is 0 Å². The smallest absolute Gasteiger partial charge is 0.0326 e. The van der Waals surface area contributed by atoms with Gasteiger partial charge in [-0.2, -0.15) is 0 Å². The van der Waals surface area contributed by atoms with Crippen LogP contribution in [0.5, 0.6) is 0 Å². The fourth-order valence-electron chi connectivity index (χ4n) is 4.38. The third kappa shape index (κ3) is 3.31. The van der Waals surface area contributed by atoms with Crippen LogP contribution in [0.1, 0.15) is 79.6 Å². The Morgan fingerprint density at radius 1 is 1.06 bits per heavy atom. The lowest BCUT2D eigenvalue weighted by molar-refractivity contribution is 0.122. The summed E-state index contributed by atoms with van der Waals surface area (Å²) >= 11 is 0. The average molecular weight is 250 g/mol. The summed E-state index contributed by atoms with van der Waals surface area (Å²) in [7, 11) is 0. The molecule has 0 N–H and O–H groups in total. The highest BCUT2D eigenvalue weighted by Gasteiger charge is 2.41. The van der Waals surface area contributed by atoms with Crippen LogP contribution in [0.25, 0.3) is 0 Å². The Bertz CT molecular complexity index is 261. The van der Waals surface area contributed by atoms with Gasteiger partial charge in [-0.3, -0.25) is 0 Å². The first-order chi connectivity index (χ1) is 8.44. The normalized spacial score (nSPS) is 34.8. The molecule has 0 nitrogen and oxygen atoms in total. The minimum atomic E-state index is 0.564. The lowest BCUT2D eigenvalue weighted by Gasteiger charge is -2.37. The molecule has 18 heavy (non-hydrogen) atoms. The Kier molecular flexibility index (Phi) is 4.44. The molecule has 0 heteroatoms. The Morgan fingerprint density at radius 2 is 1.72 bits per heavy atom. The molecule has 0 amide bonds. The van der Waals surface area contributed by atoms with Gasteiger partial charge in [0.2, 0.25) is 0 Å². The van der Waals surface area contributed by atoms with Gasteiger partial charge in [-0.15, -0.1) is 0 Å². The van der Waals surface area contributed by atoms with Gasteiger partial charge in [0, 0.05) is 0 Å². The van der Waals surface area contributed by atoms with Crippen molar-refractivity contribution in [3.8, 4) is 0 Å². The minimum Gasteiger partial charge on any atom is -0.0649 e. The molecule has 0 aliphatic heterocycles.